The van der Waals surface area contributed by atoms with Crippen molar-refractivity contribution in [2.45, 2.75) is 11.6 Å². The number of rotatable bonds is 3. The molecule has 2 rings (SSSR count). The van der Waals surface area contributed by atoms with Gasteiger partial charge in [-0.3, -0.25) is 4.79 Å². The number of nitrogens with one attached hydrogen (secondary N) is 1. The van der Waals surface area contributed by atoms with Crippen LogP contribution in [0.25, 0.3) is 11.3 Å². The van der Waals surface area contributed by atoms with E-state index in [0.717, 1.165) is 11.8 Å². The van der Waals surface area contributed by atoms with E-state index in [0.29, 0.717) is 12.1 Å². The summed E-state index contributed by atoms with van der Waals surface area (Å²) >= 11 is 1.02. The van der Waals surface area contributed by atoms with Gasteiger partial charge in [0.05, 0.1) is 11.3 Å². The number of H-pyrrole nitrogens is 1. The molecule has 0 unspecified atom stereocenters. The molecule has 0 aliphatic heterocycles. The second-order valence-electron chi connectivity index (χ2n) is 4.06. The van der Waals surface area contributed by atoms with Gasteiger partial charge in [-0.2, -0.15) is 5.26 Å². The van der Waals surface area contributed by atoms with Crippen molar-refractivity contribution < 1.29 is 17.6 Å². The van der Waals surface area contributed by atoms with E-state index in [4.69, 9.17) is 5.26 Å². The lowest BCUT2D eigenvalue weighted by atomic mass is 10.0. The average Bonchev–Trinajstić information content (AvgIpc) is 2.48. The van der Waals surface area contributed by atoms with Gasteiger partial charge >= 0.3 is 0 Å². The second kappa shape index (κ2) is 6.19. The van der Waals surface area contributed by atoms with Gasteiger partial charge in [0, 0.05) is 5.56 Å². The Morgan fingerprint density at radius 3 is 2.55 bits per heavy atom. The number of hydrogen-bond donors (Lipinski definition) is 1. The number of aromatic amines is 1. The molecule has 0 fully saturated rings. The number of benzene rings is 1. The van der Waals surface area contributed by atoms with E-state index < -0.39 is 46.0 Å². The van der Waals surface area contributed by atoms with E-state index in [2.05, 4.69) is 9.97 Å². The molecule has 1 aromatic heterocycles. The van der Waals surface area contributed by atoms with Crippen LogP contribution in [0.2, 0.25) is 0 Å². The first-order valence-electron chi connectivity index (χ1n) is 5.75. The van der Waals surface area contributed by atoms with Gasteiger partial charge in [0.2, 0.25) is 0 Å². The first-order valence-corrected chi connectivity index (χ1v) is 6.97. The lowest BCUT2D eigenvalue weighted by Crippen LogP contribution is -2.15. The van der Waals surface area contributed by atoms with Gasteiger partial charge in [-0.15, -0.1) is 0 Å². The lowest BCUT2D eigenvalue weighted by Gasteiger charge is -2.09. The van der Waals surface area contributed by atoms with Gasteiger partial charge in [-0.1, -0.05) is 11.8 Å². The Kier molecular flexibility index (Phi) is 4.51. The summed E-state index contributed by atoms with van der Waals surface area (Å²) in [7, 11) is 0. The molecule has 2 aromatic rings. The van der Waals surface area contributed by atoms with E-state index >= 15 is 0 Å². The maximum absolute atomic E-state index is 14.0. The molecule has 0 atom stereocenters. The van der Waals surface area contributed by atoms with E-state index in [9.17, 15) is 22.4 Å². The largest absolute Gasteiger partial charge is 0.300 e. The quantitative estimate of drug-likeness (QED) is 0.533. The Labute approximate surface area is 125 Å². The summed E-state index contributed by atoms with van der Waals surface area (Å²) in [6.07, 6.45) is -1.61. The number of aromatic nitrogens is 2. The third kappa shape index (κ3) is 2.82. The van der Waals surface area contributed by atoms with Crippen LogP contribution < -0.4 is 5.56 Å². The van der Waals surface area contributed by atoms with E-state index in [1.54, 1.807) is 12.3 Å². The number of nitriles is 1. The minimum atomic E-state index is -3.19. The van der Waals surface area contributed by atoms with Gasteiger partial charge in [-0.05, 0) is 18.4 Å². The first kappa shape index (κ1) is 16.0. The van der Waals surface area contributed by atoms with Gasteiger partial charge in [-0.25, -0.2) is 22.5 Å². The van der Waals surface area contributed by atoms with Crippen molar-refractivity contribution >= 4 is 11.8 Å². The fourth-order valence-corrected chi connectivity index (χ4v) is 2.14. The molecule has 0 radical (unpaired) electrons. The SMILES string of the molecule is CSc1nc(-c2cc(F)c(C(F)F)cc2F)c(C#N)c(=O)[nH]1. The molecule has 0 amide bonds. The standard InChI is InChI=1S/C13H7F4N3OS/c1-22-13-19-10(7(4-18)12(21)20-13)5-2-9(15)6(11(16)17)3-8(5)14/h2-3,11H,1H3,(H,19,20,21). The summed E-state index contributed by atoms with van der Waals surface area (Å²) in [5, 5.41) is 9.05. The van der Waals surface area contributed by atoms with Crippen LogP contribution >= 0.6 is 11.8 Å². The van der Waals surface area contributed by atoms with Crippen molar-refractivity contribution in [3.8, 4) is 17.3 Å². The fraction of sp³-hybridized carbons (Fsp3) is 0.154. The molecule has 0 spiro atoms. The monoisotopic (exact) mass is 329 g/mol. The third-order valence-electron chi connectivity index (χ3n) is 2.78. The number of hydrogen-bond acceptors (Lipinski definition) is 4. The highest BCUT2D eigenvalue weighted by molar-refractivity contribution is 7.98. The second-order valence-corrected chi connectivity index (χ2v) is 4.86. The molecule has 1 heterocycles. The van der Waals surface area contributed by atoms with Gasteiger partial charge < -0.3 is 4.98 Å². The number of halogens is 4. The van der Waals surface area contributed by atoms with Gasteiger partial charge in [0.15, 0.2) is 5.16 Å². The van der Waals surface area contributed by atoms with E-state index in [1.807, 2.05) is 0 Å². The maximum Gasteiger partial charge on any atom is 0.270 e. The molecule has 22 heavy (non-hydrogen) atoms. The zero-order chi connectivity index (χ0) is 16.4. The molecule has 0 aliphatic carbocycles. The highest BCUT2D eigenvalue weighted by Gasteiger charge is 2.22. The summed E-state index contributed by atoms with van der Waals surface area (Å²) in [5.74, 6) is -2.54. The topological polar surface area (TPSA) is 69.5 Å². The van der Waals surface area contributed by atoms with Crippen molar-refractivity contribution in [1.82, 2.24) is 9.97 Å². The minimum absolute atomic E-state index is 0.0803. The molecular formula is C13H7F4N3OS. The third-order valence-corrected chi connectivity index (χ3v) is 3.36. The lowest BCUT2D eigenvalue weighted by molar-refractivity contribution is 0.146. The van der Waals surface area contributed by atoms with Crippen molar-refractivity contribution in [1.29, 1.82) is 5.26 Å². The summed E-state index contributed by atoms with van der Waals surface area (Å²) < 4.78 is 52.7. The average molecular weight is 329 g/mol. The van der Waals surface area contributed by atoms with Crippen LogP contribution in [0.4, 0.5) is 17.6 Å². The smallest absolute Gasteiger partial charge is 0.270 e. The Hall–Kier alpha value is -2.34. The zero-order valence-corrected chi connectivity index (χ0v) is 11.8. The number of alkyl halides is 2. The minimum Gasteiger partial charge on any atom is -0.300 e. The fourth-order valence-electron chi connectivity index (χ4n) is 1.76. The normalized spacial score (nSPS) is 10.8. The van der Waals surface area contributed by atoms with Crippen LogP contribution in [0.15, 0.2) is 22.1 Å². The molecule has 0 saturated heterocycles. The highest BCUT2D eigenvalue weighted by atomic mass is 32.2. The van der Waals surface area contributed by atoms with Crippen LogP contribution in [0, 0.1) is 23.0 Å². The molecule has 4 nitrogen and oxygen atoms in total. The van der Waals surface area contributed by atoms with Gasteiger partial charge in [0.25, 0.3) is 12.0 Å². The zero-order valence-electron chi connectivity index (χ0n) is 11.0. The molecule has 0 saturated carbocycles. The molecule has 9 heteroatoms. The maximum atomic E-state index is 14.0. The summed E-state index contributed by atoms with van der Waals surface area (Å²) in [6.45, 7) is 0. The van der Waals surface area contributed by atoms with E-state index in [-0.39, 0.29) is 5.16 Å². The Morgan fingerprint density at radius 1 is 1.32 bits per heavy atom. The molecule has 114 valence electrons. The van der Waals surface area contributed by atoms with Crippen LogP contribution in [0.3, 0.4) is 0 Å². The molecule has 0 aliphatic rings. The van der Waals surface area contributed by atoms with Crippen LogP contribution in [-0.4, -0.2) is 16.2 Å². The van der Waals surface area contributed by atoms with Crippen LogP contribution in [-0.2, 0) is 0 Å². The Balaban J connectivity index is 2.77. The summed E-state index contributed by atoms with van der Waals surface area (Å²) in [6, 6.07) is 2.38. The predicted molar refractivity (Wildman–Crippen MR) is 71.7 cm³/mol. The van der Waals surface area contributed by atoms with Crippen molar-refractivity contribution in [2.24, 2.45) is 0 Å². The molecule has 1 aromatic carbocycles. The Morgan fingerprint density at radius 2 is 2.00 bits per heavy atom. The van der Waals surface area contributed by atoms with Crippen molar-refractivity contribution in [2.75, 3.05) is 6.26 Å². The van der Waals surface area contributed by atoms with Crippen molar-refractivity contribution in [3.05, 3.63) is 45.2 Å². The first-order chi connectivity index (χ1) is 10.4. The summed E-state index contributed by atoms with van der Waals surface area (Å²) in [4.78, 5) is 17.9. The van der Waals surface area contributed by atoms with E-state index in [1.165, 1.54) is 0 Å². The molecular weight excluding hydrogens is 322 g/mol. The Bertz CT molecular complexity index is 829. The highest BCUT2D eigenvalue weighted by Crippen LogP contribution is 2.30. The molecule has 0 bridgehead atoms. The molecule has 1 N–H and O–H groups in total. The summed E-state index contributed by atoms with van der Waals surface area (Å²) in [5.41, 5.74) is -3.38. The van der Waals surface area contributed by atoms with Crippen LogP contribution in [0.1, 0.15) is 17.6 Å². The number of nitrogens with zero attached hydrogens (tertiary/aromatic N) is 2. The van der Waals surface area contributed by atoms with Crippen LogP contribution in [0.5, 0.6) is 0 Å². The van der Waals surface area contributed by atoms with Crippen molar-refractivity contribution in [3.63, 3.8) is 0 Å². The van der Waals surface area contributed by atoms with Gasteiger partial charge in [0.1, 0.15) is 23.3 Å². The number of thioether (sulfide) groups is 1. The predicted octanol–water partition coefficient (Wildman–Crippen LogP) is 3.25.